The Kier molecular flexibility index (Phi) is 5.30. The van der Waals surface area contributed by atoms with Gasteiger partial charge in [-0.05, 0) is 31.3 Å². The molecule has 0 aliphatic rings. The van der Waals surface area contributed by atoms with E-state index < -0.39 is 0 Å². The van der Waals surface area contributed by atoms with Gasteiger partial charge in [0.25, 0.3) is 0 Å². The van der Waals surface area contributed by atoms with Gasteiger partial charge in [0.2, 0.25) is 0 Å². The molecular weight excluding hydrogens is 302 g/mol. The van der Waals surface area contributed by atoms with Gasteiger partial charge in [-0.3, -0.25) is 9.88 Å². The first-order valence-corrected chi connectivity index (χ1v) is 7.84. The summed E-state index contributed by atoms with van der Waals surface area (Å²) in [6.07, 6.45) is 3.76. The highest BCUT2D eigenvalue weighted by Gasteiger charge is 2.19. The van der Waals surface area contributed by atoms with Crippen molar-refractivity contribution in [3.8, 4) is 5.69 Å². The van der Waals surface area contributed by atoms with Crippen molar-refractivity contribution >= 4 is 0 Å². The molecule has 3 rings (SSSR count). The Morgan fingerprint density at radius 1 is 1.12 bits per heavy atom. The Balaban J connectivity index is 1.73. The molecule has 124 valence electrons. The van der Waals surface area contributed by atoms with Crippen LogP contribution in [0.25, 0.3) is 5.69 Å². The third-order valence-electron chi connectivity index (χ3n) is 3.86. The average Bonchev–Trinajstić information content (AvgIpc) is 3.09. The fourth-order valence-corrected chi connectivity index (χ4v) is 2.61. The molecule has 2 heterocycles. The molecule has 1 unspecified atom stereocenters. The molecule has 0 saturated carbocycles. The van der Waals surface area contributed by atoms with Gasteiger partial charge in [-0.2, -0.15) is 0 Å². The zero-order valence-corrected chi connectivity index (χ0v) is 13.9. The fraction of sp³-hybridized carbons (Fsp3) is 0.278. The number of ether oxygens (including phenoxy) is 1. The van der Waals surface area contributed by atoms with Gasteiger partial charge in [0.1, 0.15) is 0 Å². The summed E-state index contributed by atoms with van der Waals surface area (Å²) in [5.41, 5.74) is 2.88. The van der Waals surface area contributed by atoms with Crippen LogP contribution >= 0.6 is 0 Å². The molecule has 1 atom stereocenters. The van der Waals surface area contributed by atoms with E-state index in [4.69, 9.17) is 4.74 Å². The maximum atomic E-state index is 5.37. The van der Waals surface area contributed by atoms with E-state index in [-0.39, 0.29) is 6.04 Å². The van der Waals surface area contributed by atoms with Gasteiger partial charge >= 0.3 is 0 Å². The Labute approximate surface area is 141 Å². The van der Waals surface area contributed by atoms with Crippen LogP contribution in [0.15, 0.2) is 60.9 Å². The lowest BCUT2D eigenvalue weighted by atomic mass is 10.1. The highest BCUT2D eigenvalue weighted by atomic mass is 16.5. The number of para-hydroxylation sites is 1. The summed E-state index contributed by atoms with van der Waals surface area (Å²) in [4.78, 5) is 6.62. The van der Waals surface area contributed by atoms with Crippen LogP contribution in [-0.2, 0) is 11.3 Å². The zero-order chi connectivity index (χ0) is 16.8. The van der Waals surface area contributed by atoms with E-state index in [0.29, 0.717) is 13.2 Å². The van der Waals surface area contributed by atoms with Gasteiger partial charge in [-0.15, -0.1) is 5.10 Å². The summed E-state index contributed by atoms with van der Waals surface area (Å²) in [5, 5.41) is 8.49. The predicted molar refractivity (Wildman–Crippen MR) is 91.7 cm³/mol. The number of hydrogen-bond donors (Lipinski definition) is 0. The van der Waals surface area contributed by atoms with Crippen LogP contribution < -0.4 is 0 Å². The lowest BCUT2D eigenvalue weighted by Gasteiger charge is -2.26. The van der Waals surface area contributed by atoms with Crippen LogP contribution in [0.1, 0.15) is 17.4 Å². The molecule has 2 aromatic heterocycles. The number of likely N-dealkylation sites (N-methyl/N-ethyl adjacent to an activating group) is 1. The second-order valence-electron chi connectivity index (χ2n) is 5.63. The standard InChI is InChI=1S/C18H21N5O/c1-22(18(14-24-2)17-10-6-7-11-19-17)12-15-13-23(21-20-15)16-8-4-3-5-9-16/h3-11,13,18H,12,14H2,1-2H3. The van der Waals surface area contributed by atoms with Gasteiger partial charge in [-0.1, -0.05) is 29.5 Å². The molecule has 0 aliphatic carbocycles. The van der Waals surface area contributed by atoms with E-state index in [2.05, 4.69) is 20.2 Å². The smallest absolute Gasteiger partial charge is 0.0971 e. The van der Waals surface area contributed by atoms with Gasteiger partial charge < -0.3 is 4.74 Å². The van der Waals surface area contributed by atoms with Crippen molar-refractivity contribution in [1.29, 1.82) is 0 Å². The molecule has 1 aromatic carbocycles. The predicted octanol–water partition coefficient (Wildman–Crippen LogP) is 2.48. The van der Waals surface area contributed by atoms with Crippen LogP contribution in [-0.4, -0.2) is 45.6 Å². The summed E-state index contributed by atoms with van der Waals surface area (Å²) in [7, 11) is 3.75. The number of hydrogen-bond acceptors (Lipinski definition) is 5. The highest BCUT2D eigenvalue weighted by Crippen LogP contribution is 2.19. The first-order chi connectivity index (χ1) is 11.8. The second-order valence-corrected chi connectivity index (χ2v) is 5.63. The van der Waals surface area contributed by atoms with Crippen molar-refractivity contribution in [2.75, 3.05) is 20.8 Å². The molecule has 0 saturated heterocycles. The Bertz CT molecular complexity index is 744. The van der Waals surface area contributed by atoms with E-state index in [0.717, 1.165) is 17.1 Å². The van der Waals surface area contributed by atoms with Crippen LogP contribution in [0.4, 0.5) is 0 Å². The topological polar surface area (TPSA) is 56.1 Å². The minimum atomic E-state index is 0.0677. The average molecular weight is 323 g/mol. The third-order valence-corrected chi connectivity index (χ3v) is 3.86. The van der Waals surface area contributed by atoms with E-state index in [1.54, 1.807) is 18.0 Å². The van der Waals surface area contributed by atoms with E-state index in [1.807, 2.05) is 61.8 Å². The van der Waals surface area contributed by atoms with Crippen molar-refractivity contribution in [2.24, 2.45) is 0 Å². The van der Waals surface area contributed by atoms with Crippen LogP contribution in [0.2, 0.25) is 0 Å². The zero-order valence-electron chi connectivity index (χ0n) is 13.9. The Hall–Kier alpha value is -2.57. The van der Waals surface area contributed by atoms with Crippen molar-refractivity contribution in [1.82, 2.24) is 24.9 Å². The molecule has 0 aliphatic heterocycles. The summed E-state index contributed by atoms with van der Waals surface area (Å²) in [5.74, 6) is 0. The summed E-state index contributed by atoms with van der Waals surface area (Å²) >= 11 is 0. The number of nitrogens with zero attached hydrogens (tertiary/aromatic N) is 5. The lowest BCUT2D eigenvalue weighted by molar-refractivity contribution is 0.0992. The van der Waals surface area contributed by atoms with Crippen molar-refractivity contribution in [3.05, 3.63) is 72.3 Å². The molecule has 3 aromatic rings. The molecule has 0 amide bonds. The maximum absolute atomic E-state index is 5.37. The van der Waals surface area contributed by atoms with Gasteiger partial charge in [0.05, 0.1) is 35.9 Å². The minimum Gasteiger partial charge on any atom is -0.383 e. The molecule has 6 heteroatoms. The van der Waals surface area contributed by atoms with Crippen LogP contribution in [0.3, 0.4) is 0 Å². The van der Waals surface area contributed by atoms with Crippen molar-refractivity contribution in [3.63, 3.8) is 0 Å². The molecule has 0 spiro atoms. The van der Waals surface area contributed by atoms with Gasteiger partial charge in [0.15, 0.2) is 0 Å². The molecular formula is C18H21N5O. The number of methoxy groups -OCH3 is 1. The molecule has 0 N–H and O–H groups in total. The van der Waals surface area contributed by atoms with E-state index in [1.165, 1.54) is 0 Å². The number of pyridine rings is 1. The molecule has 0 fully saturated rings. The van der Waals surface area contributed by atoms with E-state index in [9.17, 15) is 0 Å². The molecule has 0 radical (unpaired) electrons. The lowest BCUT2D eigenvalue weighted by Crippen LogP contribution is -2.28. The first-order valence-electron chi connectivity index (χ1n) is 7.84. The van der Waals surface area contributed by atoms with E-state index >= 15 is 0 Å². The van der Waals surface area contributed by atoms with Crippen molar-refractivity contribution in [2.45, 2.75) is 12.6 Å². The Morgan fingerprint density at radius 3 is 2.62 bits per heavy atom. The molecule has 6 nitrogen and oxygen atoms in total. The Morgan fingerprint density at radius 2 is 1.92 bits per heavy atom. The second kappa shape index (κ2) is 7.81. The first kappa shape index (κ1) is 16.3. The number of aromatic nitrogens is 4. The molecule has 0 bridgehead atoms. The summed E-state index contributed by atoms with van der Waals surface area (Å²) in [6, 6.07) is 15.9. The van der Waals surface area contributed by atoms with Crippen molar-refractivity contribution < 1.29 is 4.74 Å². The maximum Gasteiger partial charge on any atom is 0.0971 e. The van der Waals surface area contributed by atoms with Gasteiger partial charge in [0, 0.05) is 19.9 Å². The number of benzene rings is 1. The van der Waals surface area contributed by atoms with Crippen LogP contribution in [0.5, 0.6) is 0 Å². The minimum absolute atomic E-state index is 0.0677. The highest BCUT2D eigenvalue weighted by molar-refractivity contribution is 5.29. The largest absolute Gasteiger partial charge is 0.383 e. The van der Waals surface area contributed by atoms with Gasteiger partial charge in [-0.25, -0.2) is 4.68 Å². The monoisotopic (exact) mass is 323 g/mol. The fourth-order valence-electron chi connectivity index (χ4n) is 2.61. The quantitative estimate of drug-likeness (QED) is 0.668. The molecule has 24 heavy (non-hydrogen) atoms. The van der Waals surface area contributed by atoms with Crippen LogP contribution in [0, 0.1) is 0 Å². The SMILES string of the molecule is COCC(c1ccccn1)N(C)Cc1cn(-c2ccccc2)nn1. The third kappa shape index (κ3) is 3.84. The summed E-state index contributed by atoms with van der Waals surface area (Å²) in [6.45, 7) is 1.23. The summed E-state index contributed by atoms with van der Waals surface area (Å²) < 4.78 is 7.16. The number of rotatable bonds is 7. The normalized spacial score (nSPS) is 12.5.